The number of likely N-dealkylation sites (N-methyl/N-ethyl adjacent to an activating group) is 1. The molecule has 1 heterocycles. The number of aliphatic hydroxyl groups excluding tert-OH is 2. The van der Waals surface area contributed by atoms with E-state index in [2.05, 4.69) is 0 Å². The Morgan fingerprint density at radius 2 is 1.82 bits per heavy atom. The van der Waals surface area contributed by atoms with Crippen molar-refractivity contribution in [3.63, 3.8) is 0 Å². The number of nitrogens with zero attached hydrogens (tertiary/aromatic N) is 1. The first-order chi connectivity index (χ1) is 15.6. The summed E-state index contributed by atoms with van der Waals surface area (Å²) in [5.74, 6) is -11.6. The number of rotatable bonds is 2. The lowest BCUT2D eigenvalue weighted by Gasteiger charge is -2.59. The Morgan fingerprint density at radius 3 is 2.38 bits per heavy atom. The van der Waals surface area contributed by atoms with Gasteiger partial charge in [-0.2, -0.15) is 0 Å². The van der Waals surface area contributed by atoms with E-state index in [1.54, 1.807) is 0 Å². The molecule has 1 aromatic rings. The average molecular weight is 495 g/mol. The summed E-state index contributed by atoms with van der Waals surface area (Å²) in [6, 6.07) is 2.63. The van der Waals surface area contributed by atoms with Crippen molar-refractivity contribution in [2.45, 2.75) is 40.9 Å². The lowest BCUT2D eigenvalue weighted by Crippen LogP contribution is -2.81. The van der Waals surface area contributed by atoms with Gasteiger partial charge < -0.3 is 36.0 Å². The predicted octanol–water partition coefficient (Wildman–Crippen LogP) is -1.35. The molecule has 0 spiro atoms. The van der Waals surface area contributed by atoms with E-state index in [1.807, 2.05) is 0 Å². The number of phenolic OH excluding ortho intramolecular Hbond substituents is 1. The Bertz CT molecular complexity index is 1230. The number of carbonyl (C=O) groups is 3. The lowest BCUT2D eigenvalue weighted by atomic mass is 9.50. The minimum absolute atomic E-state index is 0.0855. The summed E-state index contributed by atoms with van der Waals surface area (Å²) in [6.45, 7) is 1.41. The zero-order chi connectivity index (χ0) is 25.3. The first kappa shape index (κ1) is 23.2. The Labute approximate surface area is 198 Å². The molecule has 8 atom stereocenters. The van der Waals surface area contributed by atoms with Crippen LogP contribution in [-0.2, 0) is 19.9 Å². The molecular weight excluding hydrogens is 472 g/mol. The summed E-state index contributed by atoms with van der Waals surface area (Å²) in [5.41, 5.74) is -0.775. The van der Waals surface area contributed by atoms with Gasteiger partial charge in [0.15, 0.2) is 22.0 Å². The van der Waals surface area contributed by atoms with Crippen molar-refractivity contribution in [3.05, 3.63) is 40.7 Å². The molecule has 0 unspecified atom stereocenters. The SMILES string of the molecule is CN(C)[C@@H]1C(=O)C(C(N)=O)=C(O)[C@@]2(O)[C@H]1[C@@H](O)[C@@H]1[C@]3(C)O[C@@]2(O)[C@]1(Cl)C(=O)c1c(O)cccc13. The van der Waals surface area contributed by atoms with Gasteiger partial charge >= 0.3 is 0 Å². The number of Topliss-reactive ketones (excluding diaryl/α,β-unsaturated/α-hetero) is 2. The van der Waals surface area contributed by atoms with Crippen LogP contribution in [0.3, 0.4) is 0 Å². The van der Waals surface area contributed by atoms with E-state index in [0.29, 0.717) is 0 Å². The van der Waals surface area contributed by atoms with Crippen molar-refractivity contribution in [1.29, 1.82) is 0 Å². The highest BCUT2D eigenvalue weighted by atomic mass is 35.5. The molecule has 1 amide bonds. The fraction of sp³-hybridized carbons (Fsp3) is 0.500. The van der Waals surface area contributed by atoms with Crippen LogP contribution < -0.4 is 5.73 Å². The van der Waals surface area contributed by atoms with Crippen molar-refractivity contribution in [3.8, 4) is 5.75 Å². The van der Waals surface area contributed by atoms with Gasteiger partial charge in [-0.25, -0.2) is 0 Å². The first-order valence-corrected chi connectivity index (χ1v) is 10.8. The Hall–Kier alpha value is -2.54. The quantitative estimate of drug-likeness (QED) is 0.211. The number of amides is 1. The highest BCUT2D eigenvalue weighted by Gasteiger charge is 2.90. The van der Waals surface area contributed by atoms with E-state index in [9.17, 15) is 39.9 Å². The van der Waals surface area contributed by atoms with Gasteiger partial charge in [0.2, 0.25) is 5.79 Å². The van der Waals surface area contributed by atoms with Crippen LogP contribution in [0.15, 0.2) is 29.5 Å². The number of ether oxygens (including phenoxy) is 1. The average Bonchev–Trinajstić information content (AvgIpc) is 2.85. The molecule has 4 aliphatic rings. The lowest BCUT2D eigenvalue weighted by molar-refractivity contribution is -0.328. The van der Waals surface area contributed by atoms with Gasteiger partial charge in [-0.15, -0.1) is 11.6 Å². The number of primary amides is 1. The number of fused-ring (bicyclic) bond motifs is 4. The van der Waals surface area contributed by atoms with Crippen molar-refractivity contribution < 1.29 is 44.7 Å². The number of phenols is 1. The molecule has 1 saturated carbocycles. The number of ketones is 2. The maximum absolute atomic E-state index is 13.7. The van der Waals surface area contributed by atoms with E-state index in [-0.39, 0.29) is 11.1 Å². The van der Waals surface area contributed by atoms with E-state index in [4.69, 9.17) is 22.1 Å². The zero-order valence-corrected chi connectivity index (χ0v) is 19.1. The van der Waals surface area contributed by atoms with Crippen molar-refractivity contribution in [2.24, 2.45) is 17.6 Å². The fourth-order valence-corrected chi connectivity index (χ4v) is 7.28. The molecule has 0 radical (unpaired) electrons. The maximum Gasteiger partial charge on any atom is 0.255 e. The number of alkyl halides is 1. The molecule has 1 aromatic carbocycles. The van der Waals surface area contributed by atoms with Gasteiger partial charge in [-0.1, -0.05) is 12.1 Å². The molecular formula is C22H23ClN2O9. The van der Waals surface area contributed by atoms with E-state index in [1.165, 1.54) is 44.1 Å². The molecule has 1 saturated heterocycles. The molecule has 11 nitrogen and oxygen atoms in total. The molecule has 2 fully saturated rings. The second-order valence-corrected chi connectivity index (χ2v) is 10.3. The van der Waals surface area contributed by atoms with Crippen molar-refractivity contribution in [1.82, 2.24) is 4.90 Å². The monoisotopic (exact) mass is 494 g/mol. The number of nitrogens with two attached hydrogens (primary N) is 1. The minimum atomic E-state index is -3.16. The molecule has 182 valence electrons. The minimum Gasteiger partial charge on any atom is -0.508 e. The van der Waals surface area contributed by atoms with Crippen LogP contribution in [0.5, 0.6) is 5.75 Å². The van der Waals surface area contributed by atoms with Crippen LogP contribution in [0, 0.1) is 11.8 Å². The summed E-state index contributed by atoms with van der Waals surface area (Å²) in [7, 11) is 2.85. The second-order valence-electron chi connectivity index (χ2n) is 9.71. The van der Waals surface area contributed by atoms with Gasteiger partial charge in [-0.05, 0) is 32.6 Å². The summed E-state index contributed by atoms with van der Waals surface area (Å²) < 4.78 is 5.95. The number of halogens is 1. The molecule has 7 N–H and O–H groups in total. The number of benzene rings is 1. The molecule has 0 aromatic heterocycles. The molecule has 1 aliphatic heterocycles. The van der Waals surface area contributed by atoms with Crippen LogP contribution in [0.2, 0.25) is 0 Å². The third-order valence-corrected chi connectivity index (χ3v) is 8.64. The number of aliphatic hydroxyl groups is 4. The zero-order valence-electron chi connectivity index (χ0n) is 18.3. The predicted molar refractivity (Wildman–Crippen MR) is 114 cm³/mol. The third-order valence-electron chi connectivity index (χ3n) is 7.97. The largest absolute Gasteiger partial charge is 0.508 e. The van der Waals surface area contributed by atoms with E-state index < -0.39 is 80.4 Å². The Morgan fingerprint density at radius 1 is 1.21 bits per heavy atom. The van der Waals surface area contributed by atoms with Crippen LogP contribution in [0.1, 0.15) is 22.8 Å². The standard InChI is InChI=1S/C22H23ClN2O9/c1-19-7-5-4-6-8(26)9(7)16(29)20(23)15(19)14(28)11-12(25(2)3)13(27)10(18(24)31)17(30)21(11,32)22(20,33)34-19/h4-6,11-12,14-15,26,28,30,32-33H,1-3H3,(H2,24,31)/t11-,12+,14-,15-,19-,20-,21+,22+/m1/s1. The van der Waals surface area contributed by atoms with Gasteiger partial charge in [0.1, 0.15) is 22.7 Å². The van der Waals surface area contributed by atoms with Crippen LogP contribution in [-0.4, -0.2) is 90.4 Å². The number of hydrogen-bond donors (Lipinski definition) is 6. The first-order valence-electron chi connectivity index (χ1n) is 10.5. The normalized spacial score (nSPS) is 44.8. The Kier molecular flexibility index (Phi) is 4.34. The van der Waals surface area contributed by atoms with Crippen LogP contribution >= 0.6 is 11.6 Å². The molecule has 12 heteroatoms. The van der Waals surface area contributed by atoms with Crippen molar-refractivity contribution >= 4 is 29.1 Å². The van der Waals surface area contributed by atoms with Gasteiger partial charge in [-0.3, -0.25) is 19.3 Å². The summed E-state index contributed by atoms with van der Waals surface area (Å²) in [5, 5.41) is 57.1. The maximum atomic E-state index is 13.7. The molecule has 5 rings (SSSR count). The van der Waals surface area contributed by atoms with Gasteiger partial charge in [0, 0.05) is 5.92 Å². The summed E-state index contributed by atoms with van der Waals surface area (Å²) in [6.07, 6.45) is -1.82. The summed E-state index contributed by atoms with van der Waals surface area (Å²) in [4.78, 5) is 37.7. The van der Waals surface area contributed by atoms with Crippen LogP contribution in [0.4, 0.5) is 0 Å². The number of aromatic hydroxyl groups is 1. The topological polar surface area (TPSA) is 191 Å². The van der Waals surface area contributed by atoms with Crippen LogP contribution in [0.25, 0.3) is 0 Å². The summed E-state index contributed by atoms with van der Waals surface area (Å²) >= 11 is 6.81. The van der Waals surface area contributed by atoms with Gasteiger partial charge in [0.05, 0.1) is 23.6 Å². The van der Waals surface area contributed by atoms with E-state index >= 15 is 0 Å². The smallest absolute Gasteiger partial charge is 0.255 e. The Balaban J connectivity index is 1.91. The number of hydrogen-bond acceptors (Lipinski definition) is 10. The highest BCUT2D eigenvalue weighted by molar-refractivity contribution is 6.41. The molecule has 3 aliphatic carbocycles. The van der Waals surface area contributed by atoms with E-state index in [0.717, 1.165) is 0 Å². The van der Waals surface area contributed by atoms with Gasteiger partial charge in [0.25, 0.3) is 5.91 Å². The second kappa shape index (κ2) is 6.36. The fourth-order valence-electron chi connectivity index (χ4n) is 6.67. The van der Waals surface area contributed by atoms with Crippen molar-refractivity contribution in [2.75, 3.05) is 14.1 Å². The molecule has 34 heavy (non-hydrogen) atoms. The molecule has 4 bridgehead atoms. The highest BCUT2D eigenvalue weighted by Crippen LogP contribution is 2.72. The number of carbonyl (C=O) groups excluding carboxylic acids is 3. The third kappa shape index (κ3) is 2.07.